The molecule has 37 heavy (non-hydrogen) atoms. The Morgan fingerprint density at radius 2 is 1.65 bits per heavy atom. The molecular weight excluding hydrogens is 509 g/mol. The first-order valence-corrected chi connectivity index (χ1v) is 11.8. The Hall–Kier alpha value is -4.19. The smallest absolute Gasteiger partial charge is 0.387 e. The summed E-state index contributed by atoms with van der Waals surface area (Å²) in [6.07, 6.45) is 0. The lowest BCUT2D eigenvalue weighted by molar-refractivity contribution is -0.113. The predicted octanol–water partition coefficient (Wildman–Crippen LogP) is 5.33. The van der Waals surface area contributed by atoms with E-state index >= 15 is 0 Å². The van der Waals surface area contributed by atoms with Gasteiger partial charge in [0.25, 0.3) is 0 Å². The van der Waals surface area contributed by atoms with Gasteiger partial charge in [0.2, 0.25) is 5.91 Å². The number of alkyl halides is 2. The summed E-state index contributed by atoms with van der Waals surface area (Å²) in [6, 6.07) is 18.6. The molecule has 0 bridgehead atoms. The highest BCUT2D eigenvalue weighted by molar-refractivity contribution is 7.99. The second-order valence-corrected chi connectivity index (χ2v) is 8.33. The standard InChI is InChI=1S/C25H21F3N4O4S/c1-34-17-10-12-18(13-11-17)35-14-22-30-31-25(32(22)21-5-3-2-4-20(21)26)37-15-23(33)29-16-6-8-19(9-7-16)36-24(27)28/h2-13,24H,14-15H2,1H3,(H,29,33). The maximum Gasteiger partial charge on any atom is 0.387 e. The Kier molecular flexibility index (Phi) is 8.52. The van der Waals surface area contributed by atoms with Crippen LogP contribution in [0.5, 0.6) is 17.2 Å². The van der Waals surface area contributed by atoms with Gasteiger partial charge in [-0.05, 0) is 60.7 Å². The van der Waals surface area contributed by atoms with Crippen molar-refractivity contribution in [3.63, 3.8) is 0 Å². The van der Waals surface area contributed by atoms with E-state index in [4.69, 9.17) is 9.47 Å². The third kappa shape index (κ3) is 6.94. The molecule has 0 aliphatic carbocycles. The van der Waals surface area contributed by atoms with E-state index in [9.17, 15) is 18.0 Å². The molecule has 0 fully saturated rings. The zero-order valence-electron chi connectivity index (χ0n) is 19.4. The van der Waals surface area contributed by atoms with E-state index in [0.717, 1.165) is 11.8 Å². The highest BCUT2D eigenvalue weighted by Crippen LogP contribution is 2.26. The van der Waals surface area contributed by atoms with E-state index in [-0.39, 0.29) is 34.9 Å². The number of nitrogens with one attached hydrogen (secondary N) is 1. The molecule has 0 atom stereocenters. The molecule has 1 aromatic heterocycles. The summed E-state index contributed by atoms with van der Waals surface area (Å²) in [4.78, 5) is 12.5. The van der Waals surface area contributed by atoms with Gasteiger partial charge in [0.15, 0.2) is 11.0 Å². The Bertz CT molecular complexity index is 1330. The average molecular weight is 531 g/mol. The van der Waals surface area contributed by atoms with Gasteiger partial charge in [0, 0.05) is 5.69 Å². The lowest BCUT2D eigenvalue weighted by Crippen LogP contribution is -2.15. The summed E-state index contributed by atoms with van der Waals surface area (Å²) in [7, 11) is 1.56. The van der Waals surface area contributed by atoms with Crippen molar-refractivity contribution in [1.29, 1.82) is 0 Å². The van der Waals surface area contributed by atoms with Crippen LogP contribution in [0.2, 0.25) is 0 Å². The summed E-state index contributed by atoms with van der Waals surface area (Å²) in [5.41, 5.74) is 0.606. The van der Waals surface area contributed by atoms with Crippen molar-refractivity contribution in [2.45, 2.75) is 18.4 Å². The number of nitrogens with zero attached hydrogens (tertiary/aromatic N) is 3. The molecular formula is C25H21F3N4O4S. The van der Waals surface area contributed by atoms with Crippen LogP contribution in [0.15, 0.2) is 78.0 Å². The highest BCUT2D eigenvalue weighted by atomic mass is 32.2. The Morgan fingerprint density at radius 3 is 2.32 bits per heavy atom. The number of rotatable bonds is 11. The molecule has 3 aromatic carbocycles. The van der Waals surface area contributed by atoms with E-state index in [2.05, 4.69) is 20.3 Å². The van der Waals surface area contributed by atoms with Crippen LogP contribution in [0.3, 0.4) is 0 Å². The number of hydrogen-bond acceptors (Lipinski definition) is 7. The third-order valence-electron chi connectivity index (χ3n) is 4.92. The monoisotopic (exact) mass is 530 g/mol. The SMILES string of the molecule is COc1ccc(OCc2nnc(SCC(=O)Nc3ccc(OC(F)F)cc3)n2-c2ccccc2F)cc1. The molecule has 0 spiro atoms. The van der Waals surface area contributed by atoms with Crippen LogP contribution < -0.4 is 19.5 Å². The Balaban J connectivity index is 1.46. The van der Waals surface area contributed by atoms with Gasteiger partial charge in [0.05, 0.1) is 18.6 Å². The summed E-state index contributed by atoms with van der Waals surface area (Å²) in [5.74, 6) is 0.597. The minimum absolute atomic E-state index is 0.00649. The topological polar surface area (TPSA) is 87.5 Å². The largest absolute Gasteiger partial charge is 0.497 e. The maximum atomic E-state index is 14.7. The second kappa shape index (κ2) is 12.2. The van der Waals surface area contributed by atoms with Crippen molar-refractivity contribution in [2.75, 3.05) is 18.2 Å². The van der Waals surface area contributed by atoms with E-state index in [1.54, 1.807) is 49.6 Å². The van der Waals surface area contributed by atoms with E-state index in [1.807, 2.05) is 0 Å². The van der Waals surface area contributed by atoms with Crippen LogP contribution in [0.25, 0.3) is 5.69 Å². The molecule has 0 unspecified atom stereocenters. The number of carbonyl (C=O) groups excluding carboxylic acids is 1. The summed E-state index contributed by atoms with van der Waals surface area (Å²) in [6.45, 7) is -2.94. The first-order chi connectivity index (χ1) is 17.9. The van der Waals surface area contributed by atoms with Gasteiger partial charge in [-0.3, -0.25) is 9.36 Å². The van der Waals surface area contributed by atoms with Gasteiger partial charge in [-0.2, -0.15) is 8.78 Å². The fraction of sp³-hybridized carbons (Fsp3) is 0.160. The number of anilines is 1. The second-order valence-electron chi connectivity index (χ2n) is 7.39. The quantitative estimate of drug-likeness (QED) is 0.263. The van der Waals surface area contributed by atoms with Gasteiger partial charge in [0.1, 0.15) is 29.7 Å². The molecule has 0 saturated carbocycles. The molecule has 1 N–H and O–H groups in total. The Morgan fingerprint density at radius 1 is 0.973 bits per heavy atom. The lowest BCUT2D eigenvalue weighted by atomic mass is 10.3. The molecule has 0 aliphatic heterocycles. The number of methoxy groups -OCH3 is 1. The number of halogens is 3. The fourth-order valence-electron chi connectivity index (χ4n) is 3.23. The van der Waals surface area contributed by atoms with E-state index in [0.29, 0.717) is 23.0 Å². The minimum atomic E-state index is -2.94. The van der Waals surface area contributed by atoms with Gasteiger partial charge < -0.3 is 19.5 Å². The van der Waals surface area contributed by atoms with Crippen LogP contribution in [-0.2, 0) is 11.4 Å². The molecule has 1 heterocycles. The first-order valence-electron chi connectivity index (χ1n) is 10.9. The van der Waals surface area contributed by atoms with Crippen molar-refractivity contribution in [3.8, 4) is 22.9 Å². The zero-order chi connectivity index (χ0) is 26.2. The average Bonchev–Trinajstić information content (AvgIpc) is 3.30. The number of aromatic nitrogens is 3. The van der Waals surface area contributed by atoms with Crippen LogP contribution in [0, 0.1) is 5.82 Å². The number of thioether (sulfide) groups is 1. The summed E-state index contributed by atoms with van der Waals surface area (Å²) in [5, 5.41) is 11.2. The minimum Gasteiger partial charge on any atom is -0.497 e. The number of carbonyl (C=O) groups is 1. The van der Waals surface area contributed by atoms with E-state index in [1.165, 1.54) is 34.9 Å². The molecule has 0 aliphatic rings. The maximum absolute atomic E-state index is 14.7. The number of ether oxygens (including phenoxy) is 3. The van der Waals surface area contributed by atoms with Crippen LogP contribution in [0.1, 0.15) is 5.82 Å². The van der Waals surface area contributed by atoms with Gasteiger partial charge in [-0.15, -0.1) is 10.2 Å². The van der Waals surface area contributed by atoms with Crippen LogP contribution in [0.4, 0.5) is 18.9 Å². The van der Waals surface area contributed by atoms with Gasteiger partial charge in [-0.25, -0.2) is 4.39 Å². The molecule has 192 valence electrons. The van der Waals surface area contributed by atoms with Crippen molar-refractivity contribution in [3.05, 3.63) is 84.4 Å². The molecule has 0 radical (unpaired) electrons. The number of para-hydroxylation sites is 1. The van der Waals surface area contributed by atoms with Crippen LogP contribution >= 0.6 is 11.8 Å². The molecule has 0 saturated heterocycles. The van der Waals surface area contributed by atoms with Crippen molar-refractivity contribution in [1.82, 2.24) is 14.8 Å². The summed E-state index contributed by atoms with van der Waals surface area (Å²) < 4.78 is 56.0. The molecule has 8 nitrogen and oxygen atoms in total. The summed E-state index contributed by atoms with van der Waals surface area (Å²) >= 11 is 1.05. The fourth-order valence-corrected chi connectivity index (χ4v) is 3.99. The lowest BCUT2D eigenvalue weighted by Gasteiger charge is -2.12. The molecule has 4 aromatic rings. The molecule has 1 amide bonds. The van der Waals surface area contributed by atoms with Gasteiger partial charge in [-0.1, -0.05) is 23.9 Å². The normalized spacial score (nSPS) is 10.8. The Labute approximate surface area is 214 Å². The van der Waals surface area contributed by atoms with Crippen molar-refractivity contribution < 1.29 is 32.2 Å². The number of hydrogen-bond donors (Lipinski definition) is 1. The highest BCUT2D eigenvalue weighted by Gasteiger charge is 2.19. The number of amides is 1. The predicted molar refractivity (Wildman–Crippen MR) is 131 cm³/mol. The van der Waals surface area contributed by atoms with Gasteiger partial charge >= 0.3 is 6.61 Å². The zero-order valence-corrected chi connectivity index (χ0v) is 20.3. The van der Waals surface area contributed by atoms with E-state index < -0.39 is 12.4 Å². The third-order valence-corrected chi connectivity index (χ3v) is 5.85. The van der Waals surface area contributed by atoms with Crippen molar-refractivity contribution in [2.24, 2.45) is 0 Å². The van der Waals surface area contributed by atoms with Crippen molar-refractivity contribution >= 4 is 23.4 Å². The van der Waals surface area contributed by atoms with Crippen LogP contribution in [-0.4, -0.2) is 40.1 Å². The molecule has 12 heteroatoms. The number of benzene rings is 3. The first kappa shape index (κ1) is 25.9. The molecule has 4 rings (SSSR count).